The fourth-order valence-electron chi connectivity index (χ4n) is 4.49. The van der Waals surface area contributed by atoms with Gasteiger partial charge in [0, 0.05) is 5.69 Å². The summed E-state index contributed by atoms with van der Waals surface area (Å²) in [7, 11) is 0. The summed E-state index contributed by atoms with van der Waals surface area (Å²) in [6.07, 6.45) is 11.1. The third kappa shape index (κ3) is 4.56. The smallest absolute Gasteiger partial charge is 0.316 e. The van der Waals surface area contributed by atoms with E-state index in [1.165, 1.54) is 11.1 Å². The number of rotatable bonds is 4. The summed E-state index contributed by atoms with van der Waals surface area (Å²) in [5.74, 6) is 3.13. The predicted molar refractivity (Wildman–Crippen MR) is 121 cm³/mol. The Bertz CT molecular complexity index is 1050. The van der Waals surface area contributed by atoms with Gasteiger partial charge in [-0.05, 0) is 66.3 Å². The van der Waals surface area contributed by atoms with Crippen LogP contribution in [0.2, 0.25) is 0 Å². The summed E-state index contributed by atoms with van der Waals surface area (Å²) in [5, 5.41) is 22.3. The van der Waals surface area contributed by atoms with Crippen molar-refractivity contribution in [2.24, 2.45) is 10.9 Å². The summed E-state index contributed by atoms with van der Waals surface area (Å²) in [5.41, 5.74) is 10.6. The molecule has 170 valence electrons. The minimum absolute atomic E-state index is 0.0379. The molecular formula is C22H27N5O4S. The Kier molecular flexibility index (Phi) is 6.91. The highest BCUT2D eigenvalue weighted by Gasteiger charge is 2.29. The van der Waals surface area contributed by atoms with E-state index in [1.807, 2.05) is 0 Å². The molecule has 9 nitrogen and oxygen atoms in total. The molecule has 0 saturated carbocycles. The molecule has 0 fully saturated rings. The average Bonchev–Trinajstić information content (AvgIpc) is 3.51. The molecule has 1 aromatic heterocycles. The monoisotopic (exact) mass is 457 g/mol. The van der Waals surface area contributed by atoms with E-state index in [2.05, 4.69) is 22.4 Å². The van der Waals surface area contributed by atoms with Crippen LogP contribution in [-0.2, 0) is 30.5 Å². The fourth-order valence-corrected chi connectivity index (χ4v) is 4.86. The molecule has 1 aromatic carbocycles. The normalized spacial score (nSPS) is 20.2. The van der Waals surface area contributed by atoms with Gasteiger partial charge in [0.15, 0.2) is 0 Å². The van der Waals surface area contributed by atoms with Crippen molar-refractivity contribution < 1.29 is 19.4 Å². The minimum Gasteiger partial charge on any atom is -0.474 e. The number of urea groups is 1. The third-order valence-corrected chi connectivity index (χ3v) is 6.42. The Hall–Kier alpha value is -2.71. The number of nitrogens with one attached hydrogen (secondary N) is 1. The van der Waals surface area contributed by atoms with Crippen LogP contribution in [0.3, 0.4) is 0 Å². The first-order valence-electron chi connectivity index (χ1n) is 10.5. The number of aryl methyl sites for hydroxylation is 1. The lowest BCUT2D eigenvalue weighted by atomic mass is 9.98. The topological polar surface area (TPSA) is 138 Å². The number of anilines is 1. The Balaban J connectivity index is 0.000000155. The minimum atomic E-state index is -0.520. The molecule has 3 aliphatic rings. The first-order valence-corrected chi connectivity index (χ1v) is 11.4. The number of carbonyl (C=O) groups excluding carboxylic acids is 1. The molecule has 1 aliphatic heterocycles. The Morgan fingerprint density at radius 3 is 3.03 bits per heavy atom. The molecule has 5 rings (SSSR count). The number of aliphatic hydroxyl groups is 1. The van der Waals surface area contributed by atoms with Gasteiger partial charge in [-0.25, -0.2) is 9.48 Å². The van der Waals surface area contributed by atoms with Crippen LogP contribution in [0.15, 0.2) is 17.2 Å². The van der Waals surface area contributed by atoms with Gasteiger partial charge in [0.1, 0.15) is 24.2 Å². The molecule has 2 aromatic rings. The molecule has 0 bridgehead atoms. The van der Waals surface area contributed by atoms with Crippen LogP contribution in [0.5, 0.6) is 5.88 Å². The van der Waals surface area contributed by atoms with Crippen molar-refractivity contribution in [2.75, 3.05) is 18.5 Å². The zero-order valence-electron chi connectivity index (χ0n) is 17.7. The second kappa shape index (κ2) is 9.83. The Labute approximate surface area is 190 Å². The number of nitrogens with zero attached hydrogens (tertiary/aromatic N) is 2. The molecule has 0 radical (unpaired) electrons. The van der Waals surface area contributed by atoms with E-state index in [9.17, 15) is 9.90 Å². The highest BCUT2D eigenvalue weighted by molar-refractivity contribution is 7.97. The van der Waals surface area contributed by atoms with Gasteiger partial charge in [0.05, 0.1) is 18.8 Å². The van der Waals surface area contributed by atoms with Crippen molar-refractivity contribution in [3.8, 4) is 18.2 Å². The third-order valence-electron chi connectivity index (χ3n) is 5.89. The second-order valence-corrected chi connectivity index (χ2v) is 8.59. The summed E-state index contributed by atoms with van der Waals surface area (Å²) < 4.78 is 12.6. The van der Waals surface area contributed by atoms with Gasteiger partial charge in [-0.1, -0.05) is 12.0 Å². The maximum Gasteiger partial charge on any atom is 0.316 e. The van der Waals surface area contributed by atoms with E-state index in [4.69, 9.17) is 26.8 Å². The Morgan fingerprint density at radius 1 is 1.44 bits per heavy atom. The van der Waals surface area contributed by atoms with Gasteiger partial charge in [-0.2, -0.15) is 5.10 Å². The summed E-state index contributed by atoms with van der Waals surface area (Å²) in [4.78, 5) is 11.9. The molecule has 2 heterocycles. The van der Waals surface area contributed by atoms with Crippen LogP contribution in [0.25, 0.3) is 0 Å². The van der Waals surface area contributed by atoms with Gasteiger partial charge in [-0.3, -0.25) is 5.14 Å². The number of primary amides is 1. The molecule has 0 saturated heterocycles. The van der Waals surface area contributed by atoms with E-state index in [0.29, 0.717) is 25.6 Å². The number of amides is 2. The zero-order chi connectivity index (χ0) is 22.7. The largest absolute Gasteiger partial charge is 0.474 e. The summed E-state index contributed by atoms with van der Waals surface area (Å²) in [6.45, 7) is 1.43. The van der Waals surface area contributed by atoms with E-state index in [-0.39, 0.29) is 12.2 Å². The van der Waals surface area contributed by atoms with Gasteiger partial charge in [0.25, 0.3) is 0 Å². The van der Waals surface area contributed by atoms with Crippen molar-refractivity contribution in [2.45, 2.75) is 55.8 Å². The predicted octanol–water partition coefficient (Wildman–Crippen LogP) is 1.91. The number of hydrogen-bond donors (Lipinski definition) is 4. The number of nitrogens with two attached hydrogens (primary N) is 2. The van der Waals surface area contributed by atoms with E-state index in [0.717, 1.165) is 65.8 Å². The van der Waals surface area contributed by atoms with Crippen LogP contribution in [0.4, 0.5) is 10.5 Å². The van der Waals surface area contributed by atoms with E-state index < -0.39 is 6.03 Å². The van der Waals surface area contributed by atoms with Gasteiger partial charge in [-0.15, -0.1) is 6.42 Å². The van der Waals surface area contributed by atoms with Crippen molar-refractivity contribution >= 4 is 23.7 Å². The fraction of sp³-hybridized carbons (Fsp3) is 0.455. The average molecular weight is 458 g/mol. The first-order chi connectivity index (χ1) is 15.5. The molecule has 6 N–H and O–H groups in total. The molecule has 0 spiro atoms. The standard InChI is InChI=1S/C13H16N2O2.C9H11N3O2S/c14-13(17)15-12-8-3-1-2-7(8)6-10-9(12)4-5-11(10)16;1-2-3-13-7-5-12-9(14-6-7)8(15-10)4-11-12/h6,11,16H,1-5H2,(H3,14,15,17);1,4,7H,3,5-6,10H2. The number of ether oxygens (including phenoxy) is 2. The lowest BCUT2D eigenvalue weighted by molar-refractivity contribution is 0.00168. The van der Waals surface area contributed by atoms with Crippen LogP contribution in [0, 0.1) is 12.3 Å². The molecule has 32 heavy (non-hydrogen) atoms. The van der Waals surface area contributed by atoms with Crippen LogP contribution in [0.1, 0.15) is 41.2 Å². The lowest BCUT2D eigenvalue weighted by Crippen LogP contribution is -2.33. The maximum absolute atomic E-state index is 11.1. The van der Waals surface area contributed by atoms with Crippen LogP contribution < -0.4 is 20.9 Å². The molecule has 2 atom stereocenters. The van der Waals surface area contributed by atoms with Gasteiger partial charge < -0.3 is 25.6 Å². The maximum atomic E-state index is 11.1. The van der Waals surface area contributed by atoms with Gasteiger partial charge >= 0.3 is 6.03 Å². The summed E-state index contributed by atoms with van der Waals surface area (Å²) >= 11 is 1.13. The zero-order valence-corrected chi connectivity index (χ0v) is 18.5. The highest BCUT2D eigenvalue weighted by atomic mass is 32.2. The van der Waals surface area contributed by atoms with E-state index in [1.54, 1.807) is 10.9 Å². The molecular weight excluding hydrogens is 430 g/mol. The number of carbonyl (C=O) groups is 1. The number of terminal acetylenes is 1. The SMILES string of the molecule is C#CCOC1COc2c(SN)cnn2C1.NC(=O)Nc1c2c(cc3c1CCC3O)CCC2. The van der Waals surface area contributed by atoms with Crippen molar-refractivity contribution in [1.29, 1.82) is 0 Å². The summed E-state index contributed by atoms with van der Waals surface area (Å²) in [6, 6.07) is 1.59. The second-order valence-electron chi connectivity index (χ2n) is 7.92. The Morgan fingerprint density at radius 2 is 2.28 bits per heavy atom. The van der Waals surface area contributed by atoms with Gasteiger partial charge in [0.2, 0.25) is 5.88 Å². The first kappa shape index (κ1) is 22.5. The number of hydrogen-bond acceptors (Lipinski definition) is 7. The molecule has 2 amide bonds. The van der Waals surface area contributed by atoms with Crippen LogP contribution in [-0.4, -0.2) is 40.2 Å². The molecule has 10 heteroatoms. The van der Waals surface area contributed by atoms with Crippen molar-refractivity contribution in [3.63, 3.8) is 0 Å². The quantitative estimate of drug-likeness (QED) is 0.406. The number of fused-ring (bicyclic) bond motifs is 3. The molecule has 2 unspecified atom stereocenters. The highest BCUT2D eigenvalue weighted by Crippen LogP contribution is 2.42. The number of aliphatic hydroxyl groups excluding tert-OH is 1. The number of benzene rings is 1. The van der Waals surface area contributed by atoms with Crippen molar-refractivity contribution in [1.82, 2.24) is 9.78 Å². The van der Waals surface area contributed by atoms with Crippen LogP contribution >= 0.6 is 11.9 Å². The lowest BCUT2D eigenvalue weighted by Gasteiger charge is -2.23. The number of aromatic nitrogens is 2. The molecule has 2 aliphatic carbocycles. The van der Waals surface area contributed by atoms with E-state index >= 15 is 0 Å². The van der Waals surface area contributed by atoms with Crippen molar-refractivity contribution in [3.05, 3.63) is 34.5 Å².